The minimum Gasteiger partial charge on any atom is -0.490 e. The van der Waals surface area contributed by atoms with E-state index in [1.165, 1.54) is 0 Å². The smallest absolute Gasteiger partial charge is 0.276 e. The summed E-state index contributed by atoms with van der Waals surface area (Å²) in [4.78, 5) is 14.5. The maximum atomic E-state index is 13.0. The van der Waals surface area contributed by atoms with Crippen molar-refractivity contribution < 1.29 is 18.7 Å². The normalized spacial score (nSPS) is 14.6. The summed E-state index contributed by atoms with van der Waals surface area (Å²) in [5.41, 5.74) is 2.26. The number of carbonyl (C=O) groups excluding carboxylic acids is 1. The lowest BCUT2D eigenvalue weighted by Crippen LogP contribution is -2.32. The van der Waals surface area contributed by atoms with Crippen LogP contribution in [-0.4, -0.2) is 35.7 Å². The first kappa shape index (κ1) is 23.9. The highest BCUT2D eigenvalue weighted by Crippen LogP contribution is 2.29. The highest BCUT2D eigenvalue weighted by atomic mass is 35.5. The zero-order valence-corrected chi connectivity index (χ0v) is 20.5. The SMILES string of the molecule is CCOc1ccc(CCN2C(=O)/C(=C\c3ccc(-c4cccc(Cl)c4)o3)NC2=S)cc1OCC. The van der Waals surface area contributed by atoms with Gasteiger partial charge in [-0.15, -0.1) is 0 Å². The third-order valence-corrected chi connectivity index (χ3v) is 5.77. The molecule has 4 rings (SSSR count). The van der Waals surface area contributed by atoms with E-state index < -0.39 is 0 Å². The third-order valence-electron chi connectivity index (χ3n) is 5.22. The predicted molar refractivity (Wildman–Crippen MR) is 137 cm³/mol. The highest BCUT2D eigenvalue weighted by molar-refractivity contribution is 7.80. The van der Waals surface area contributed by atoms with Crippen molar-refractivity contribution in [2.75, 3.05) is 19.8 Å². The Morgan fingerprint density at radius 1 is 1.06 bits per heavy atom. The number of halogens is 1. The van der Waals surface area contributed by atoms with Gasteiger partial charge in [0.15, 0.2) is 16.6 Å². The van der Waals surface area contributed by atoms with Crippen molar-refractivity contribution in [2.45, 2.75) is 20.3 Å². The Hall–Kier alpha value is -3.29. The molecule has 0 atom stereocenters. The molecule has 1 fully saturated rings. The molecule has 1 N–H and O–H groups in total. The fraction of sp³-hybridized carbons (Fsp3) is 0.231. The van der Waals surface area contributed by atoms with Crippen molar-refractivity contribution in [3.8, 4) is 22.8 Å². The van der Waals surface area contributed by atoms with Crippen LogP contribution in [0.15, 0.2) is 64.7 Å². The number of thiocarbonyl (C=S) groups is 1. The summed E-state index contributed by atoms with van der Waals surface area (Å²) in [5, 5.41) is 3.99. The molecule has 2 aromatic carbocycles. The summed E-state index contributed by atoms with van der Waals surface area (Å²) in [6, 6.07) is 16.9. The molecule has 1 saturated heterocycles. The molecule has 176 valence electrons. The van der Waals surface area contributed by atoms with Crippen LogP contribution in [-0.2, 0) is 11.2 Å². The molecule has 0 saturated carbocycles. The van der Waals surface area contributed by atoms with E-state index in [0.29, 0.717) is 65.0 Å². The molecule has 1 aliphatic rings. The topological polar surface area (TPSA) is 63.9 Å². The van der Waals surface area contributed by atoms with Gasteiger partial charge in [-0.3, -0.25) is 9.69 Å². The number of carbonyl (C=O) groups is 1. The molecule has 34 heavy (non-hydrogen) atoms. The van der Waals surface area contributed by atoms with Crippen LogP contribution in [0.1, 0.15) is 25.2 Å². The third kappa shape index (κ3) is 5.43. The van der Waals surface area contributed by atoms with Crippen LogP contribution in [0.4, 0.5) is 0 Å². The summed E-state index contributed by atoms with van der Waals surface area (Å²) < 4.78 is 17.2. The van der Waals surface area contributed by atoms with Gasteiger partial charge in [-0.05, 0) is 74.4 Å². The molecule has 6 nitrogen and oxygen atoms in total. The summed E-state index contributed by atoms with van der Waals surface area (Å²) in [7, 11) is 0. The minimum absolute atomic E-state index is 0.193. The summed E-state index contributed by atoms with van der Waals surface area (Å²) in [6.45, 7) is 5.41. The van der Waals surface area contributed by atoms with Crippen molar-refractivity contribution in [2.24, 2.45) is 0 Å². The second-order valence-corrected chi connectivity index (χ2v) is 8.38. The zero-order chi connectivity index (χ0) is 24.1. The number of hydrogen-bond acceptors (Lipinski definition) is 5. The molecular formula is C26H25ClN2O4S. The second-order valence-electron chi connectivity index (χ2n) is 7.55. The van der Waals surface area contributed by atoms with Crippen LogP contribution in [0.2, 0.25) is 5.02 Å². The van der Waals surface area contributed by atoms with E-state index in [1.54, 1.807) is 23.1 Å². The van der Waals surface area contributed by atoms with E-state index >= 15 is 0 Å². The van der Waals surface area contributed by atoms with Gasteiger partial charge in [-0.1, -0.05) is 29.8 Å². The molecule has 0 spiro atoms. The number of rotatable bonds is 9. The van der Waals surface area contributed by atoms with E-state index in [0.717, 1.165) is 11.1 Å². The fourth-order valence-corrected chi connectivity index (χ4v) is 4.11. The monoisotopic (exact) mass is 496 g/mol. The molecule has 0 radical (unpaired) electrons. The van der Waals surface area contributed by atoms with E-state index in [2.05, 4.69) is 5.32 Å². The fourth-order valence-electron chi connectivity index (χ4n) is 3.64. The lowest BCUT2D eigenvalue weighted by molar-refractivity contribution is -0.122. The molecule has 0 unspecified atom stereocenters. The molecular weight excluding hydrogens is 472 g/mol. The van der Waals surface area contributed by atoms with Gasteiger partial charge in [-0.25, -0.2) is 0 Å². The quantitative estimate of drug-likeness (QED) is 0.303. The number of nitrogens with zero attached hydrogens (tertiary/aromatic N) is 1. The zero-order valence-electron chi connectivity index (χ0n) is 19.0. The Morgan fingerprint density at radius 3 is 2.62 bits per heavy atom. The molecule has 0 bridgehead atoms. The number of benzene rings is 2. The van der Waals surface area contributed by atoms with E-state index in [-0.39, 0.29) is 5.91 Å². The van der Waals surface area contributed by atoms with E-state index in [1.807, 2.05) is 56.3 Å². The van der Waals surface area contributed by atoms with Crippen molar-refractivity contribution in [3.05, 3.63) is 76.6 Å². The molecule has 3 aromatic rings. The van der Waals surface area contributed by atoms with Crippen LogP contribution in [0.3, 0.4) is 0 Å². The van der Waals surface area contributed by atoms with Crippen LogP contribution in [0, 0.1) is 0 Å². The van der Waals surface area contributed by atoms with E-state index in [9.17, 15) is 4.79 Å². The van der Waals surface area contributed by atoms with Gasteiger partial charge in [0.1, 0.15) is 17.2 Å². The number of hydrogen-bond donors (Lipinski definition) is 1. The van der Waals surface area contributed by atoms with Crippen molar-refractivity contribution >= 4 is 40.9 Å². The van der Waals surface area contributed by atoms with Crippen LogP contribution < -0.4 is 14.8 Å². The molecule has 1 aliphatic heterocycles. The van der Waals surface area contributed by atoms with Gasteiger partial charge in [0.05, 0.1) is 13.2 Å². The number of furan rings is 1. The van der Waals surface area contributed by atoms with Gasteiger partial charge in [-0.2, -0.15) is 0 Å². The average molecular weight is 497 g/mol. The molecule has 1 aromatic heterocycles. The van der Waals surface area contributed by atoms with Gasteiger partial charge < -0.3 is 19.2 Å². The Balaban J connectivity index is 1.44. The Bertz CT molecular complexity index is 1240. The minimum atomic E-state index is -0.193. The number of nitrogens with one attached hydrogen (secondary N) is 1. The van der Waals surface area contributed by atoms with Crippen molar-refractivity contribution in [1.29, 1.82) is 0 Å². The van der Waals surface area contributed by atoms with E-state index in [4.69, 9.17) is 37.7 Å². The Kier molecular flexibility index (Phi) is 7.55. The van der Waals surface area contributed by atoms with Gasteiger partial charge in [0.25, 0.3) is 5.91 Å². The van der Waals surface area contributed by atoms with Crippen LogP contribution in [0.25, 0.3) is 17.4 Å². The lowest BCUT2D eigenvalue weighted by atomic mass is 10.1. The number of amides is 1. The standard InChI is InChI=1S/C26H25ClN2O4S/c1-3-31-23-10-8-17(14-24(23)32-4-2)12-13-29-25(30)21(28-26(29)34)16-20-9-11-22(33-20)18-6-5-7-19(27)15-18/h5-11,14-16H,3-4,12-13H2,1-2H3,(H,28,34)/b21-16+. The first-order chi connectivity index (χ1) is 16.5. The molecule has 0 aliphatic carbocycles. The first-order valence-corrected chi connectivity index (χ1v) is 11.9. The first-order valence-electron chi connectivity index (χ1n) is 11.1. The van der Waals surface area contributed by atoms with Gasteiger partial charge in [0, 0.05) is 23.2 Å². The lowest BCUT2D eigenvalue weighted by Gasteiger charge is -2.15. The number of ether oxygens (including phenoxy) is 2. The van der Waals surface area contributed by atoms with Gasteiger partial charge >= 0.3 is 0 Å². The Labute approximate surface area is 209 Å². The second kappa shape index (κ2) is 10.8. The molecule has 1 amide bonds. The molecule has 2 heterocycles. The van der Waals surface area contributed by atoms with Crippen LogP contribution in [0.5, 0.6) is 11.5 Å². The summed E-state index contributed by atoms with van der Waals surface area (Å²) in [5.74, 6) is 2.43. The summed E-state index contributed by atoms with van der Waals surface area (Å²) in [6.07, 6.45) is 2.28. The average Bonchev–Trinajstić information content (AvgIpc) is 3.39. The highest BCUT2D eigenvalue weighted by Gasteiger charge is 2.30. The van der Waals surface area contributed by atoms with Crippen LogP contribution >= 0.6 is 23.8 Å². The maximum Gasteiger partial charge on any atom is 0.276 e. The maximum absolute atomic E-state index is 13.0. The largest absolute Gasteiger partial charge is 0.490 e. The predicted octanol–water partition coefficient (Wildman–Crippen LogP) is 5.70. The summed E-state index contributed by atoms with van der Waals surface area (Å²) >= 11 is 11.5. The molecule has 8 heteroatoms. The van der Waals surface area contributed by atoms with Crippen molar-refractivity contribution in [1.82, 2.24) is 10.2 Å². The van der Waals surface area contributed by atoms with Crippen molar-refractivity contribution in [3.63, 3.8) is 0 Å². The Morgan fingerprint density at radius 2 is 1.85 bits per heavy atom. The van der Waals surface area contributed by atoms with Gasteiger partial charge in [0.2, 0.25) is 0 Å².